The molecule has 1 unspecified atom stereocenters. The van der Waals surface area contributed by atoms with Crippen molar-refractivity contribution in [3.8, 4) is 5.75 Å². The van der Waals surface area contributed by atoms with Crippen molar-refractivity contribution < 1.29 is 9.47 Å². The molecule has 0 bridgehead atoms. The van der Waals surface area contributed by atoms with Crippen LogP contribution in [0.2, 0.25) is 0 Å². The fourth-order valence-electron chi connectivity index (χ4n) is 3.95. The van der Waals surface area contributed by atoms with Crippen molar-refractivity contribution in [2.45, 2.75) is 31.0 Å². The van der Waals surface area contributed by atoms with Crippen LogP contribution in [0.5, 0.6) is 5.75 Å². The van der Waals surface area contributed by atoms with Crippen molar-refractivity contribution in [1.29, 1.82) is 0 Å². The first-order valence-corrected chi connectivity index (χ1v) is 12.0. The zero-order chi connectivity index (χ0) is 21.6. The molecule has 2 aliphatic rings. The van der Waals surface area contributed by atoms with Gasteiger partial charge in [0.15, 0.2) is 0 Å². The van der Waals surface area contributed by atoms with Gasteiger partial charge in [-0.05, 0) is 67.1 Å². The predicted octanol–water partition coefficient (Wildman–Crippen LogP) is 4.82. The van der Waals surface area contributed by atoms with E-state index in [0.29, 0.717) is 6.61 Å². The van der Waals surface area contributed by atoms with E-state index >= 15 is 0 Å². The molecule has 6 heteroatoms. The van der Waals surface area contributed by atoms with Gasteiger partial charge in [0.25, 0.3) is 0 Å². The predicted molar refractivity (Wildman–Crippen MR) is 129 cm³/mol. The van der Waals surface area contributed by atoms with Crippen molar-refractivity contribution >= 4 is 17.4 Å². The Kier molecular flexibility index (Phi) is 7.22. The molecule has 4 rings (SSSR count). The highest BCUT2D eigenvalue weighted by atomic mass is 32.2. The van der Waals surface area contributed by atoms with Crippen molar-refractivity contribution in [2.75, 3.05) is 38.0 Å². The van der Waals surface area contributed by atoms with E-state index in [1.165, 1.54) is 21.9 Å². The summed E-state index contributed by atoms with van der Waals surface area (Å²) in [6.45, 7) is 5.36. The van der Waals surface area contributed by atoms with Crippen LogP contribution >= 0.6 is 11.8 Å². The monoisotopic (exact) mass is 437 g/mol. The quantitative estimate of drug-likeness (QED) is 0.478. The number of rotatable bonds is 7. The highest BCUT2D eigenvalue weighted by Crippen LogP contribution is 2.36. The number of hydrogen-bond acceptors (Lipinski definition) is 6. The van der Waals surface area contributed by atoms with E-state index < -0.39 is 0 Å². The number of nitrogens with zero attached hydrogens (tertiary/aromatic N) is 1. The van der Waals surface area contributed by atoms with Gasteiger partial charge >= 0.3 is 0 Å². The Balaban J connectivity index is 1.52. The van der Waals surface area contributed by atoms with E-state index in [1.807, 2.05) is 0 Å². The van der Waals surface area contributed by atoms with Crippen molar-refractivity contribution in [3.05, 3.63) is 77.1 Å². The third-order valence-corrected chi connectivity index (χ3v) is 6.36. The Morgan fingerprint density at radius 3 is 2.81 bits per heavy atom. The van der Waals surface area contributed by atoms with E-state index in [-0.39, 0.29) is 6.23 Å². The maximum absolute atomic E-state index is 6.13. The Hall–Kier alpha value is -2.41. The molecule has 2 N–H and O–H groups in total. The van der Waals surface area contributed by atoms with Gasteiger partial charge in [-0.1, -0.05) is 18.2 Å². The maximum atomic E-state index is 6.13. The molecular weight excluding hydrogens is 406 g/mol. The average molecular weight is 438 g/mol. The second kappa shape index (κ2) is 10.3. The summed E-state index contributed by atoms with van der Waals surface area (Å²) in [4.78, 5) is 3.63. The molecule has 164 valence electrons. The van der Waals surface area contributed by atoms with Crippen molar-refractivity contribution in [1.82, 2.24) is 10.6 Å². The molecule has 0 radical (unpaired) electrons. The van der Waals surface area contributed by atoms with Gasteiger partial charge < -0.3 is 19.7 Å². The van der Waals surface area contributed by atoms with Gasteiger partial charge in [-0.3, -0.25) is 5.32 Å². The molecule has 5 nitrogen and oxygen atoms in total. The lowest BCUT2D eigenvalue weighted by Gasteiger charge is -2.28. The third kappa shape index (κ3) is 5.26. The van der Waals surface area contributed by atoms with Crippen molar-refractivity contribution in [2.24, 2.45) is 0 Å². The number of ether oxygens (including phenoxy) is 2. The smallest absolute Gasteiger partial charge is 0.143 e. The molecule has 0 saturated carbocycles. The normalized spacial score (nSPS) is 16.9. The number of hydrogen-bond donors (Lipinski definition) is 2. The van der Waals surface area contributed by atoms with Crippen LogP contribution in [-0.4, -0.2) is 33.1 Å². The number of nitrogens with one attached hydrogen (secondary N) is 2. The van der Waals surface area contributed by atoms with Crippen molar-refractivity contribution in [3.63, 3.8) is 0 Å². The molecule has 2 aliphatic heterocycles. The summed E-state index contributed by atoms with van der Waals surface area (Å²) in [7, 11) is 1.74. The SMILES string of the molecule is COC(NCc1ccc(SC)cc1)c1ccc2c(c1)OCCCN2C1=CCNC(C)=C1. The van der Waals surface area contributed by atoms with E-state index in [2.05, 4.69) is 83.3 Å². The Morgan fingerprint density at radius 1 is 1.23 bits per heavy atom. The van der Waals surface area contributed by atoms with E-state index in [4.69, 9.17) is 9.47 Å². The Bertz CT molecular complexity index is 956. The summed E-state index contributed by atoms with van der Waals surface area (Å²) in [5.41, 5.74) is 5.83. The van der Waals surface area contributed by atoms with E-state index in [0.717, 1.165) is 43.1 Å². The summed E-state index contributed by atoms with van der Waals surface area (Å²) < 4.78 is 11.9. The summed E-state index contributed by atoms with van der Waals surface area (Å²) in [5.74, 6) is 0.911. The lowest BCUT2D eigenvalue weighted by atomic mass is 10.1. The number of allylic oxidation sites excluding steroid dienone is 2. The molecule has 2 aromatic carbocycles. The number of fused-ring (bicyclic) bond motifs is 1. The molecule has 0 aliphatic carbocycles. The lowest BCUT2D eigenvalue weighted by molar-refractivity contribution is 0.0719. The summed E-state index contributed by atoms with van der Waals surface area (Å²) in [6.07, 6.45) is 7.31. The van der Waals surface area contributed by atoms with Gasteiger partial charge in [0.1, 0.15) is 12.0 Å². The van der Waals surface area contributed by atoms with Gasteiger partial charge in [0.2, 0.25) is 0 Å². The fraction of sp³-hybridized carbons (Fsp3) is 0.360. The van der Waals surface area contributed by atoms with Crippen LogP contribution in [0.3, 0.4) is 0 Å². The maximum Gasteiger partial charge on any atom is 0.143 e. The minimum absolute atomic E-state index is 0.203. The molecule has 1 atom stereocenters. The van der Waals surface area contributed by atoms with Gasteiger partial charge in [-0.25, -0.2) is 0 Å². The fourth-order valence-corrected chi connectivity index (χ4v) is 4.36. The molecule has 0 aromatic heterocycles. The first-order chi connectivity index (χ1) is 15.2. The van der Waals surface area contributed by atoms with Crippen LogP contribution in [0.4, 0.5) is 5.69 Å². The summed E-state index contributed by atoms with van der Waals surface area (Å²) >= 11 is 1.75. The summed E-state index contributed by atoms with van der Waals surface area (Å²) in [6, 6.07) is 15.0. The standard InChI is InChI=1S/C25H31N3O2S/c1-18-15-21(11-12-26-18)28-13-4-14-30-24-16-20(7-10-23(24)28)25(29-2)27-17-19-5-8-22(31-3)9-6-19/h5-11,15-16,25-27H,4,12-14,17H2,1-3H3. The highest BCUT2D eigenvalue weighted by molar-refractivity contribution is 7.98. The Labute approximate surface area is 189 Å². The summed E-state index contributed by atoms with van der Waals surface area (Å²) in [5, 5.41) is 6.87. The molecule has 31 heavy (non-hydrogen) atoms. The van der Waals surface area contributed by atoms with E-state index in [9.17, 15) is 0 Å². The van der Waals surface area contributed by atoms with Gasteiger partial charge in [-0.2, -0.15) is 0 Å². The van der Waals surface area contributed by atoms with Crippen LogP contribution in [0, 0.1) is 0 Å². The third-order valence-electron chi connectivity index (χ3n) is 5.62. The second-order valence-corrected chi connectivity index (χ2v) is 8.64. The van der Waals surface area contributed by atoms with Crippen LogP contribution in [-0.2, 0) is 11.3 Å². The van der Waals surface area contributed by atoms with Gasteiger partial charge in [0, 0.05) is 43.0 Å². The largest absolute Gasteiger partial charge is 0.491 e. The van der Waals surface area contributed by atoms with Crippen LogP contribution in [0.15, 0.2) is 70.9 Å². The second-order valence-electron chi connectivity index (χ2n) is 7.76. The molecule has 2 aromatic rings. The molecule has 0 fully saturated rings. The number of thioether (sulfide) groups is 1. The first kappa shape index (κ1) is 21.8. The molecule has 2 heterocycles. The Morgan fingerprint density at radius 2 is 2.06 bits per heavy atom. The number of benzene rings is 2. The average Bonchev–Trinajstić information content (AvgIpc) is 3.02. The van der Waals surface area contributed by atoms with Crippen LogP contribution in [0.25, 0.3) is 0 Å². The van der Waals surface area contributed by atoms with Crippen LogP contribution < -0.4 is 20.3 Å². The minimum Gasteiger partial charge on any atom is -0.491 e. The lowest BCUT2D eigenvalue weighted by Crippen LogP contribution is -2.27. The number of methoxy groups -OCH3 is 1. The number of dihydropyridines is 1. The molecule has 0 saturated heterocycles. The minimum atomic E-state index is -0.203. The zero-order valence-electron chi connectivity index (χ0n) is 18.5. The topological polar surface area (TPSA) is 45.8 Å². The first-order valence-electron chi connectivity index (χ1n) is 10.7. The van der Waals surface area contributed by atoms with Gasteiger partial charge in [0.05, 0.1) is 12.3 Å². The molecular formula is C25H31N3O2S. The highest BCUT2D eigenvalue weighted by Gasteiger charge is 2.22. The molecule has 0 amide bonds. The van der Waals surface area contributed by atoms with Gasteiger partial charge in [-0.15, -0.1) is 11.8 Å². The van der Waals surface area contributed by atoms with Crippen LogP contribution in [0.1, 0.15) is 30.7 Å². The number of anilines is 1. The van der Waals surface area contributed by atoms with E-state index in [1.54, 1.807) is 18.9 Å². The molecule has 0 spiro atoms. The zero-order valence-corrected chi connectivity index (χ0v) is 19.3.